The van der Waals surface area contributed by atoms with E-state index < -0.39 is 5.82 Å². The Morgan fingerprint density at radius 3 is 2.67 bits per heavy atom. The van der Waals surface area contributed by atoms with Crippen molar-refractivity contribution in [1.82, 2.24) is 5.32 Å². The van der Waals surface area contributed by atoms with E-state index in [2.05, 4.69) is 37.2 Å². The van der Waals surface area contributed by atoms with Gasteiger partial charge in [0.2, 0.25) is 0 Å². The lowest BCUT2D eigenvalue weighted by molar-refractivity contribution is 0.0921. The first kappa shape index (κ1) is 15.6. The number of benzene rings is 1. The Bertz CT molecular complexity index is 423. The van der Waals surface area contributed by atoms with Crippen LogP contribution >= 0.6 is 31.9 Å². The second-order valence-electron chi connectivity index (χ2n) is 4.43. The molecule has 1 N–H and O–H groups in total. The number of amides is 1. The lowest BCUT2D eigenvalue weighted by Gasteiger charge is -2.21. The van der Waals surface area contributed by atoms with Crippen LogP contribution in [0.5, 0.6) is 0 Å². The van der Waals surface area contributed by atoms with Crippen molar-refractivity contribution in [2.24, 2.45) is 5.92 Å². The number of hydrogen-bond donors (Lipinski definition) is 1. The molecule has 0 heterocycles. The molecular weight excluding hydrogens is 365 g/mol. The zero-order chi connectivity index (χ0) is 13.7. The molecule has 0 spiro atoms. The maximum absolute atomic E-state index is 13.6. The quantitative estimate of drug-likeness (QED) is 0.764. The molecule has 5 heteroatoms. The molecular formula is C13H16Br2FNO. The van der Waals surface area contributed by atoms with Crippen LogP contribution in [-0.4, -0.2) is 17.3 Å². The van der Waals surface area contributed by atoms with E-state index in [0.29, 0.717) is 10.4 Å². The molecule has 1 rings (SSSR count). The predicted molar refractivity (Wildman–Crippen MR) is 78.6 cm³/mol. The fourth-order valence-electron chi connectivity index (χ4n) is 1.61. The molecule has 0 aliphatic carbocycles. The van der Waals surface area contributed by atoms with E-state index in [9.17, 15) is 9.18 Å². The summed E-state index contributed by atoms with van der Waals surface area (Å²) in [7, 11) is 0. The van der Waals surface area contributed by atoms with Crippen LogP contribution in [0, 0.1) is 11.7 Å². The molecule has 18 heavy (non-hydrogen) atoms. The smallest absolute Gasteiger partial charge is 0.254 e. The summed E-state index contributed by atoms with van der Waals surface area (Å²) in [6.07, 6.45) is 0.818. The van der Waals surface area contributed by atoms with E-state index >= 15 is 0 Å². The molecule has 0 bridgehead atoms. The normalized spacial score (nSPS) is 12.6. The van der Waals surface area contributed by atoms with Crippen molar-refractivity contribution in [3.8, 4) is 0 Å². The molecule has 0 radical (unpaired) electrons. The Balaban J connectivity index is 2.83. The Labute approximate surface area is 124 Å². The molecule has 1 unspecified atom stereocenters. The van der Waals surface area contributed by atoms with Gasteiger partial charge >= 0.3 is 0 Å². The van der Waals surface area contributed by atoms with Gasteiger partial charge in [-0.15, -0.1) is 0 Å². The third kappa shape index (κ3) is 4.35. The molecule has 1 amide bonds. The first-order valence-electron chi connectivity index (χ1n) is 5.77. The number of carbonyl (C=O) groups excluding carboxylic acids is 1. The largest absolute Gasteiger partial charge is 0.349 e. The Morgan fingerprint density at radius 1 is 1.44 bits per heavy atom. The minimum Gasteiger partial charge on any atom is -0.349 e. The van der Waals surface area contributed by atoms with Gasteiger partial charge < -0.3 is 5.32 Å². The molecule has 0 saturated carbocycles. The SMILES string of the molecule is CC(C)C(CCBr)NC(=O)c1cc(Br)ccc1F. The zero-order valence-corrected chi connectivity index (χ0v) is 13.5. The zero-order valence-electron chi connectivity index (χ0n) is 10.3. The first-order valence-corrected chi connectivity index (χ1v) is 7.69. The van der Waals surface area contributed by atoms with Crippen molar-refractivity contribution >= 4 is 37.8 Å². The predicted octanol–water partition coefficient (Wildman–Crippen LogP) is 4.13. The lowest BCUT2D eigenvalue weighted by Crippen LogP contribution is -2.39. The number of alkyl halides is 1. The second kappa shape index (κ2) is 7.24. The van der Waals surface area contributed by atoms with E-state index in [0.717, 1.165) is 11.8 Å². The van der Waals surface area contributed by atoms with Crippen LogP contribution in [0.4, 0.5) is 4.39 Å². The monoisotopic (exact) mass is 379 g/mol. The van der Waals surface area contributed by atoms with Gasteiger partial charge in [0.05, 0.1) is 5.56 Å². The molecule has 1 atom stereocenters. The van der Waals surface area contributed by atoms with Gasteiger partial charge in [0.25, 0.3) is 5.91 Å². The summed E-state index contributed by atoms with van der Waals surface area (Å²) in [5.41, 5.74) is 0.0737. The molecule has 2 nitrogen and oxygen atoms in total. The fraction of sp³-hybridized carbons (Fsp3) is 0.462. The van der Waals surface area contributed by atoms with Gasteiger partial charge in [-0.1, -0.05) is 45.7 Å². The van der Waals surface area contributed by atoms with Gasteiger partial charge in [-0.05, 0) is 30.5 Å². The highest BCUT2D eigenvalue weighted by Gasteiger charge is 2.18. The maximum atomic E-state index is 13.6. The van der Waals surface area contributed by atoms with E-state index in [1.54, 1.807) is 6.07 Å². The molecule has 0 aromatic heterocycles. The number of halogens is 3. The molecule has 1 aromatic rings. The number of rotatable bonds is 5. The van der Waals surface area contributed by atoms with Crippen LogP contribution in [-0.2, 0) is 0 Å². The Kier molecular flexibility index (Phi) is 6.29. The number of carbonyl (C=O) groups is 1. The highest BCUT2D eigenvalue weighted by Crippen LogP contribution is 2.16. The highest BCUT2D eigenvalue weighted by atomic mass is 79.9. The summed E-state index contributed by atoms with van der Waals surface area (Å²) in [5.74, 6) is -0.563. The van der Waals surface area contributed by atoms with Crippen molar-refractivity contribution in [2.75, 3.05) is 5.33 Å². The standard InChI is InChI=1S/C13H16Br2FNO/c1-8(2)12(5-6-14)17-13(18)10-7-9(15)3-4-11(10)16/h3-4,7-8,12H,5-6H2,1-2H3,(H,17,18). The van der Waals surface area contributed by atoms with Gasteiger partial charge in [-0.25, -0.2) is 4.39 Å². The molecule has 1 aromatic carbocycles. The van der Waals surface area contributed by atoms with Crippen molar-refractivity contribution in [3.05, 3.63) is 34.1 Å². The van der Waals surface area contributed by atoms with Crippen LogP contribution in [0.3, 0.4) is 0 Å². The van der Waals surface area contributed by atoms with Crippen molar-refractivity contribution in [2.45, 2.75) is 26.3 Å². The summed E-state index contributed by atoms with van der Waals surface area (Å²) in [5, 5.41) is 3.67. The van der Waals surface area contributed by atoms with Crippen LogP contribution in [0.1, 0.15) is 30.6 Å². The number of hydrogen-bond acceptors (Lipinski definition) is 1. The summed E-state index contributed by atoms with van der Waals surface area (Å²) >= 11 is 6.59. The minimum atomic E-state index is -0.503. The maximum Gasteiger partial charge on any atom is 0.254 e. The van der Waals surface area contributed by atoms with E-state index in [-0.39, 0.29) is 17.5 Å². The molecule has 0 saturated heterocycles. The molecule has 0 aliphatic heterocycles. The van der Waals surface area contributed by atoms with Crippen molar-refractivity contribution in [1.29, 1.82) is 0 Å². The topological polar surface area (TPSA) is 29.1 Å². The molecule has 0 aliphatic rings. The molecule has 0 fully saturated rings. The van der Waals surface area contributed by atoms with Crippen LogP contribution in [0.25, 0.3) is 0 Å². The van der Waals surface area contributed by atoms with Crippen LogP contribution < -0.4 is 5.32 Å². The van der Waals surface area contributed by atoms with Gasteiger partial charge in [0.1, 0.15) is 5.82 Å². The first-order chi connectivity index (χ1) is 8.45. The molecule has 100 valence electrons. The van der Waals surface area contributed by atoms with Gasteiger partial charge in [0, 0.05) is 15.8 Å². The average Bonchev–Trinajstić information content (AvgIpc) is 2.31. The van der Waals surface area contributed by atoms with Crippen LogP contribution in [0.15, 0.2) is 22.7 Å². The summed E-state index contributed by atoms with van der Waals surface area (Å²) in [4.78, 5) is 12.0. The third-order valence-electron chi connectivity index (χ3n) is 2.71. The summed E-state index contributed by atoms with van der Waals surface area (Å²) in [6, 6.07) is 4.39. The Morgan fingerprint density at radius 2 is 2.11 bits per heavy atom. The van der Waals surface area contributed by atoms with E-state index in [1.807, 2.05) is 13.8 Å². The highest BCUT2D eigenvalue weighted by molar-refractivity contribution is 9.10. The number of nitrogens with one attached hydrogen (secondary N) is 1. The van der Waals surface area contributed by atoms with E-state index in [4.69, 9.17) is 0 Å². The third-order valence-corrected chi connectivity index (χ3v) is 3.67. The van der Waals surface area contributed by atoms with Crippen molar-refractivity contribution in [3.63, 3.8) is 0 Å². The minimum absolute atomic E-state index is 0.0373. The second-order valence-corrected chi connectivity index (χ2v) is 6.13. The van der Waals surface area contributed by atoms with E-state index in [1.165, 1.54) is 12.1 Å². The fourth-order valence-corrected chi connectivity index (χ4v) is 2.46. The lowest BCUT2D eigenvalue weighted by atomic mass is 10.0. The average molecular weight is 381 g/mol. The summed E-state index contributed by atoms with van der Waals surface area (Å²) in [6.45, 7) is 4.07. The van der Waals surface area contributed by atoms with Gasteiger partial charge in [-0.3, -0.25) is 4.79 Å². The van der Waals surface area contributed by atoms with Gasteiger partial charge in [-0.2, -0.15) is 0 Å². The Hall–Kier alpha value is -0.420. The summed E-state index contributed by atoms with van der Waals surface area (Å²) < 4.78 is 14.3. The van der Waals surface area contributed by atoms with Crippen molar-refractivity contribution < 1.29 is 9.18 Å². The van der Waals surface area contributed by atoms with Crippen LogP contribution in [0.2, 0.25) is 0 Å². The van der Waals surface area contributed by atoms with Gasteiger partial charge in [0.15, 0.2) is 0 Å².